The molecule has 1 heterocycles. The molecule has 0 atom stereocenters. The number of methoxy groups -OCH3 is 1. The molecular weight excluding hydrogens is 268 g/mol. The molecule has 0 aromatic carbocycles. The molecule has 0 aliphatic carbocycles. The summed E-state index contributed by atoms with van der Waals surface area (Å²) < 4.78 is 17.9. The lowest BCUT2D eigenvalue weighted by molar-refractivity contribution is 0.0230. The van der Waals surface area contributed by atoms with Gasteiger partial charge in [-0.25, -0.2) is 0 Å². The Hall–Kier alpha value is -0.880. The Bertz CT molecular complexity index is 353. The van der Waals surface area contributed by atoms with E-state index in [1.165, 1.54) is 5.56 Å². The second-order valence-electron chi connectivity index (χ2n) is 5.50. The highest BCUT2D eigenvalue weighted by molar-refractivity contribution is 5.09. The Morgan fingerprint density at radius 3 is 2.52 bits per heavy atom. The monoisotopic (exact) mass is 298 g/mol. The van der Waals surface area contributed by atoms with Crippen LogP contribution in [0.3, 0.4) is 0 Å². The van der Waals surface area contributed by atoms with E-state index in [-0.39, 0.29) is 0 Å². The summed E-state index contributed by atoms with van der Waals surface area (Å²) in [7, 11) is 1.67. The summed E-state index contributed by atoms with van der Waals surface area (Å²) in [5.74, 6) is 0.687. The van der Waals surface area contributed by atoms with E-state index < -0.39 is 0 Å². The number of rotatable bonds is 13. The van der Waals surface area contributed by atoms with E-state index in [0.29, 0.717) is 39.0 Å². The molecule has 0 spiro atoms. The first-order valence-electron chi connectivity index (χ1n) is 7.72. The van der Waals surface area contributed by atoms with Crippen molar-refractivity contribution in [2.45, 2.75) is 26.9 Å². The van der Waals surface area contributed by atoms with Crippen LogP contribution >= 0.6 is 0 Å². The fraction of sp³-hybridized carbons (Fsp3) is 0.750. The Balaban J connectivity index is 2.01. The molecule has 0 unspecified atom stereocenters. The molecule has 0 amide bonds. The minimum Gasteiger partial charge on any atom is -0.382 e. The number of aromatic nitrogens is 1. The number of nitrogens with one attached hydrogen (secondary N) is 1. The van der Waals surface area contributed by atoms with E-state index in [1.54, 1.807) is 7.11 Å². The second kappa shape index (κ2) is 11.7. The topological polar surface area (TPSA) is 44.7 Å². The summed E-state index contributed by atoms with van der Waals surface area (Å²) in [5.41, 5.74) is 1.32. The van der Waals surface area contributed by atoms with Crippen LogP contribution in [-0.2, 0) is 27.3 Å². The molecule has 0 fully saturated rings. The predicted molar refractivity (Wildman–Crippen MR) is 84.5 cm³/mol. The van der Waals surface area contributed by atoms with Gasteiger partial charge in [0.15, 0.2) is 0 Å². The van der Waals surface area contributed by atoms with E-state index >= 15 is 0 Å². The summed E-state index contributed by atoms with van der Waals surface area (Å²) in [6, 6.07) is 2.15. The number of hydrogen-bond donors (Lipinski definition) is 1. The predicted octanol–water partition coefficient (Wildman–Crippen LogP) is 1.91. The van der Waals surface area contributed by atoms with Crippen molar-refractivity contribution in [1.29, 1.82) is 0 Å². The second-order valence-corrected chi connectivity index (χ2v) is 5.50. The number of ether oxygens (including phenoxy) is 3. The van der Waals surface area contributed by atoms with Gasteiger partial charge in [-0.05, 0) is 24.1 Å². The van der Waals surface area contributed by atoms with Gasteiger partial charge in [0.05, 0.1) is 33.0 Å². The Morgan fingerprint density at radius 2 is 1.81 bits per heavy atom. The Kier molecular flexibility index (Phi) is 10.2. The Labute approximate surface area is 128 Å². The number of hydrogen-bond acceptors (Lipinski definition) is 4. The van der Waals surface area contributed by atoms with Gasteiger partial charge < -0.3 is 24.1 Å². The van der Waals surface area contributed by atoms with Gasteiger partial charge in [-0.2, -0.15) is 0 Å². The smallest absolute Gasteiger partial charge is 0.0701 e. The molecule has 0 saturated carbocycles. The fourth-order valence-corrected chi connectivity index (χ4v) is 1.87. The highest BCUT2D eigenvalue weighted by Gasteiger charge is 1.98. The van der Waals surface area contributed by atoms with E-state index in [9.17, 15) is 0 Å². The lowest BCUT2D eigenvalue weighted by Crippen LogP contribution is -2.18. The zero-order chi connectivity index (χ0) is 15.3. The standard InChI is InChI=1S/C16H30N2O3/c1-15(2)12-17-13-16-4-5-18(14-16)6-7-20-10-11-21-9-8-19-3/h4-5,14-15,17H,6-13H2,1-3H3. The van der Waals surface area contributed by atoms with Crippen molar-refractivity contribution in [3.63, 3.8) is 0 Å². The van der Waals surface area contributed by atoms with Crippen LogP contribution in [0.25, 0.3) is 0 Å². The highest BCUT2D eigenvalue weighted by Crippen LogP contribution is 2.01. The number of nitrogens with zero attached hydrogens (tertiary/aromatic N) is 1. The average Bonchev–Trinajstić information content (AvgIpc) is 2.89. The first-order chi connectivity index (χ1) is 10.2. The van der Waals surface area contributed by atoms with Gasteiger partial charge in [0.25, 0.3) is 0 Å². The Morgan fingerprint density at radius 1 is 1.10 bits per heavy atom. The van der Waals surface area contributed by atoms with Gasteiger partial charge in [-0.3, -0.25) is 0 Å². The van der Waals surface area contributed by atoms with Crippen molar-refractivity contribution in [2.24, 2.45) is 5.92 Å². The van der Waals surface area contributed by atoms with Crippen molar-refractivity contribution >= 4 is 0 Å². The van der Waals surface area contributed by atoms with Crippen LogP contribution in [0.5, 0.6) is 0 Å². The molecule has 0 saturated heterocycles. The zero-order valence-electron chi connectivity index (χ0n) is 13.6. The van der Waals surface area contributed by atoms with Crippen LogP contribution in [0.15, 0.2) is 18.5 Å². The van der Waals surface area contributed by atoms with Crippen LogP contribution in [0.2, 0.25) is 0 Å². The summed E-state index contributed by atoms with van der Waals surface area (Å²) in [6.45, 7) is 10.5. The molecule has 1 aromatic heterocycles. The molecule has 21 heavy (non-hydrogen) atoms. The molecular formula is C16H30N2O3. The SMILES string of the molecule is COCCOCCOCCn1ccc(CNCC(C)C)c1. The molecule has 1 N–H and O–H groups in total. The minimum absolute atomic E-state index is 0.624. The van der Waals surface area contributed by atoms with Gasteiger partial charge >= 0.3 is 0 Å². The van der Waals surface area contributed by atoms with E-state index in [0.717, 1.165) is 19.6 Å². The highest BCUT2D eigenvalue weighted by atomic mass is 16.5. The summed E-state index contributed by atoms with van der Waals surface area (Å²) >= 11 is 0. The molecule has 5 heteroatoms. The van der Waals surface area contributed by atoms with E-state index in [4.69, 9.17) is 14.2 Å². The van der Waals surface area contributed by atoms with Crippen LogP contribution in [0.1, 0.15) is 19.4 Å². The first kappa shape index (κ1) is 18.2. The van der Waals surface area contributed by atoms with Gasteiger partial charge in [-0.15, -0.1) is 0 Å². The fourth-order valence-electron chi connectivity index (χ4n) is 1.87. The largest absolute Gasteiger partial charge is 0.382 e. The van der Waals surface area contributed by atoms with Gasteiger partial charge in [0.1, 0.15) is 0 Å². The lowest BCUT2D eigenvalue weighted by Gasteiger charge is -2.07. The minimum atomic E-state index is 0.624. The third-order valence-electron chi connectivity index (χ3n) is 2.99. The van der Waals surface area contributed by atoms with Crippen LogP contribution in [-0.4, -0.2) is 51.3 Å². The van der Waals surface area contributed by atoms with Gasteiger partial charge in [0.2, 0.25) is 0 Å². The molecule has 0 aliphatic rings. The maximum Gasteiger partial charge on any atom is 0.0701 e. The van der Waals surface area contributed by atoms with Crippen molar-refractivity contribution in [2.75, 3.05) is 46.7 Å². The van der Waals surface area contributed by atoms with Crippen molar-refractivity contribution < 1.29 is 14.2 Å². The van der Waals surface area contributed by atoms with Crippen LogP contribution in [0.4, 0.5) is 0 Å². The molecule has 122 valence electrons. The van der Waals surface area contributed by atoms with Crippen LogP contribution < -0.4 is 5.32 Å². The summed E-state index contributed by atoms with van der Waals surface area (Å²) in [6.07, 6.45) is 4.27. The quantitative estimate of drug-likeness (QED) is 0.565. The lowest BCUT2D eigenvalue weighted by atomic mass is 10.2. The molecule has 1 rings (SSSR count). The molecule has 0 radical (unpaired) electrons. The molecule has 5 nitrogen and oxygen atoms in total. The van der Waals surface area contributed by atoms with Crippen molar-refractivity contribution in [1.82, 2.24) is 9.88 Å². The van der Waals surface area contributed by atoms with Gasteiger partial charge in [0, 0.05) is 32.6 Å². The zero-order valence-corrected chi connectivity index (χ0v) is 13.6. The van der Waals surface area contributed by atoms with E-state index in [1.807, 2.05) is 0 Å². The normalized spacial score (nSPS) is 11.4. The van der Waals surface area contributed by atoms with Crippen molar-refractivity contribution in [3.05, 3.63) is 24.0 Å². The van der Waals surface area contributed by atoms with Gasteiger partial charge in [-0.1, -0.05) is 13.8 Å². The molecule has 0 bridgehead atoms. The van der Waals surface area contributed by atoms with E-state index in [2.05, 4.69) is 42.2 Å². The summed E-state index contributed by atoms with van der Waals surface area (Å²) in [5, 5.41) is 3.44. The average molecular weight is 298 g/mol. The molecule has 1 aromatic rings. The maximum absolute atomic E-state index is 5.54. The summed E-state index contributed by atoms with van der Waals surface area (Å²) in [4.78, 5) is 0. The van der Waals surface area contributed by atoms with Crippen LogP contribution in [0, 0.1) is 5.92 Å². The maximum atomic E-state index is 5.54. The van der Waals surface area contributed by atoms with Crippen molar-refractivity contribution in [3.8, 4) is 0 Å². The third kappa shape index (κ3) is 9.63. The first-order valence-corrected chi connectivity index (χ1v) is 7.72. The molecule has 0 aliphatic heterocycles. The third-order valence-corrected chi connectivity index (χ3v) is 2.99.